The molecule has 0 aliphatic heterocycles. The van der Waals surface area contributed by atoms with Crippen molar-refractivity contribution in [2.75, 3.05) is 13.6 Å². The van der Waals surface area contributed by atoms with Gasteiger partial charge in [-0.1, -0.05) is 13.8 Å². The molecule has 0 saturated heterocycles. The first-order chi connectivity index (χ1) is 10.4. The number of halogens is 1. The van der Waals surface area contributed by atoms with Crippen LogP contribution in [0.25, 0.3) is 0 Å². The maximum Gasteiger partial charge on any atom is 0.191 e. The highest BCUT2D eigenvalue weighted by molar-refractivity contribution is 14.0. The van der Waals surface area contributed by atoms with E-state index in [0.29, 0.717) is 6.04 Å². The van der Waals surface area contributed by atoms with Gasteiger partial charge in [0, 0.05) is 31.9 Å². The highest BCUT2D eigenvalue weighted by Crippen LogP contribution is 2.06. The van der Waals surface area contributed by atoms with Crippen molar-refractivity contribution in [3.05, 3.63) is 17.5 Å². The molecule has 23 heavy (non-hydrogen) atoms. The summed E-state index contributed by atoms with van der Waals surface area (Å²) in [7, 11) is 1.82. The summed E-state index contributed by atoms with van der Waals surface area (Å²) in [4.78, 5) is 4.29. The first-order valence-electron chi connectivity index (χ1n) is 8.40. The Morgan fingerprint density at radius 3 is 2.48 bits per heavy atom. The van der Waals surface area contributed by atoms with Crippen LogP contribution in [0.5, 0.6) is 0 Å². The van der Waals surface area contributed by atoms with Gasteiger partial charge in [0.1, 0.15) is 0 Å². The van der Waals surface area contributed by atoms with E-state index in [9.17, 15) is 0 Å². The average molecular weight is 435 g/mol. The predicted molar refractivity (Wildman–Crippen MR) is 110 cm³/mol. The molecule has 1 aromatic heterocycles. The average Bonchev–Trinajstić information content (AvgIpc) is 2.78. The second kappa shape index (κ2) is 11.7. The van der Waals surface area contributed by atoms with Crippen LogP contribution in [0.2, 0.25) is 0 Å². The van der Waals surface area contributed by atoms with Gasteiger partial charge in [0.25, 0.3) is 0 Å². The zero-order valence-corrected chi connectivity index (χ0v) is 17.8. The van der Waals surface area contributed by atoms with Gasteiger partial charge in [0.15, 0.2) is 5.96 Å². The van der Waals surface area contributed by atoms with Crippen LogP contribution in [0.4, 0.5) is 0 Å². The minimum Gasteiger partial charge on any atom is -0.356 e. The zero-order chi connectivity index (χ0) is 16.5. The normalized spacial score (nSPS) is 12.9. The van der Waals surface area contributed by atoms with E-state index in [0.717, 1.165) is 37.1 Å². The molecule has 0 fully saturated rings. The number of nitrogens with zero attached hydrogens (tertiary/aromatic N) is 3. The molecule has 1 atom stereocenters. The molecule has 6 heteroatoms. The standard InChI is InChI=1S/C17H33N5.HI/c1-13(2)8-9-14(3)20-17(18-6)19-10-7-11-22-16(5)12-15(4)21-22;/h12-14H,7-11H2,1-6H3,(H2,18,19,20);1H. The van der Waals surface area contributed by atoms with Crippen LogP contribution in [0.15, 0.2) is 11.1 Å². The van der Waals surface area contributed by atoms with E-state index in [1.165, 1.54) is 18.5 Å². The first-order valence-corrected chi connectivity index (χ1v) is 8.40. The van der Waals surface area contributed by atoms with Crippen molar-refractivity contribution in [2.24, 2.45) is 10.9 Å². The number of aromatic nitrogens is 2. The van der Waals surface area contributed by atoms with Crippen molar-refractivity contribution in [3.63, 3.8) is 0 Å². The Kier molecular flexibility index (Phi) is 11.3. The first kappa shape index (κ1) is 22.2. The van der Waals surface area contributed by atoms with Crippen LogP contribution < -0.4 is 10.6 Å². The smallest absolute Gasteiger partial charge is 0.191 e. The molecule has 0 amide bonds. The molecular weight excluding hydrogens is 401 g/mol. The zero-order valence-electron chi connectivity index (χ0n) is 15.5. The number of hydrogen-bond donors (Lipinski definition) is 2. The van der Waals surface area contributed by atoms with Gasteiger partial charge in [-0.25, -0.2) is 0 Å². The number of hydrogen-bond acceptors (Lipinski definition) is 2. The number of guanidine groups is 1. The second-order valence-electron chi connectivity index (χ2n) is 6.52. The van der Waals surface area contributed by atoms with Gasteiger partial charge in [0.2, 0.25) is 0 Å². The highest BCUT2D eigenvalue weighted by Gasteiger charge is 2.06. The van der Waals surface area contributed by atoms with Gasteiger partial charge in [-0.2, -0.15) is 5.10 Å². The molecule has 134 valence electrons. The summed E-state index contributed by atoms with van der Waals surface area (Å²) < 4.78 is 2.07. The lowest BCUT2D eigenvalue weighted by molar-refractivity contribution is 0.487. The molecule has 0 spiro atoms. The van der Waals surface area contributed by atoms with Crippen molar-refractivity contribution < 1.29 is 0 Å². The van der Waals surface area contributed by atoms with Crippen molar-refractivity contribution in [3.8, 4) is 0 Å². The van der Waals surface area contributed by atoms with E-state index < -0.39 is 0 Å². The van der Waals surface area contributed by atoms with Crippen LogP contribution in [0.1, 0.15) is 51.4 Å². The largest absolute Gasteiger partial charge is 0.356 e. The predicted octanol–water partition coefficient (Wildman–Crippen LogP) is 3.50. The Labute approximate surface area is 158 Å². The van der Waals surface area contributed by atoms with Gasteiger partial charge >= 0.3 is 0 Å². The lowest BCUT2D eigenvalue weighted by atomic mass is 10.0. The molecule has 1 heterocycles. The fraction of sp³-hybridized carbons (Fsp3) is 0.765. The molecule has 1 rings (SSSR count). The van der Waals surface area contributed by atoms with Crippen molar-refractivity contribution >= 4 is 29.9 Å². The van der Waals surface area contributed by atoms with Gasteiger partial charge in [-0.3, -0.25) is 9.67 Å². The Morgan fingerprint density at radius 2 is 1.96 bits per heavy atom. The van der Waals surface area contributed by atoms with Gasteiger partial charge in [-0.15, -0.1) is 24.0 Å². The van der Waals surface area contributed by atoms with Crippen LogP contribution in [0.3, 0.4) is 0 Å². The third kappa shape index (κ3) is 9.17. The number of nitrogens with one attached hydrogen (secondary N) is 2. The van der Waals surface area contributed by atoms with Gasteiger partial charge in [0.05, 0.1) is 5.69 Å². The van der Waals surface area contributed by atoms with Crippen LogP contribution in [0, 0.1) is 19.8 Å². The third-order valence-corrected chi connectivity index (χ3v) is 3.73. The summed E-state index contributed by atoms with van der Waals surface area (Å²) in [6.45, 7) is 12.7. The summed E-state index contributed by atoms with van der Waals surface area (Å²) in [6, 6.07) is 2.56. The Bertz CT molecular complexity index is 468. The summed E-state index contributed by atoms with van der Waals surface area (Å²) >= 11 is 0. The fourth-order valence-electron chi connectivity index (χ4n) is 2.42. The molecule has 0 aliphatic rings. The third-order valence-electron chi connectivity index (χ3n) is 3.73. The van der Waals surface area contributed by atoms with Crippen LogP contribution in [-0.2, 0) is 6.54 Å². The Morgan fingerprint density at radius 1 is 1.26 bits per heavy atom. The van der Waals surface area contributed by atoms with E-state index in [4.69, 9.17) is 0 Å². The van der Waals surface area contributed by atoms with E-state index in [1.54, 1.807) is 0 Å². The molecule has 0 aliphatic carbocycles. The molecule has 0 radical (unpaired) electrons. The Balaban J connectivity index is 0.00000484. The van der Waals surface area contributed by atoms with Crippen LogP contribution >= 0.6 is 24.0 Å². The maximum atomic E-state index is 4.48. The summed E-state index contributed by atoms with van der Waals surface area (Å²) in [5.74, 6) is 1.64. The van der Waals surface area contributed by atoms with E-state index in [-0.39, 0.29) is 24.0 Å². The molecule has 2 N–H and O–H groups in total. The summed E-state index contributed by atoms with van der Waals surface area (Å²) in [6.07, 6.45) is 3.44. The Hall–Kier alpha value is -0.790. The van der Waals surface area contributed by atoms with Crippen LogP contribution in [-0.4, -0.2) is 35.4 Å². The molecule has 1 aromatic rings. The number of rotatable bonds is 8. The lowest BCUT2D eigenvalue weighted by Crippen LogP contribution is -2.42. The van der Waals surface area contributed by atoms with Crippen molar-refractivity contribution in [1.29, 1.82) is 0 Å². The molecule has 0 saturated carbocycles. The molecule has 0 bridgehead atoms. The number of aryl methyl sites for hydroxylation is 3. The van der Waals surface area contributed by atoms with E-state index >= 15 is 0 Å². The fourth-order valence-corrected chi connectivity index (χ4v) is 2.42. The topological polar surface area (TPSA) is 54.2 Å². The highest BCUT2D eigenvalue weighted by atomic mass is 127. The number of aliphatic imine (C=N–C) groups is 1. The monoisotopic (exact) mass is 435 g/mol. The molecule has 0 aromatic carbocycles. The molecule has 5 nitrogen and oxygen atoms in total. The quantitative estimate of drug-likeness (QED) is 0.285. The van der Waals surface area contributed by atoms with Gasteiger partial charge < -0.3 is 10.6 Å². The summed E-state index contributed by atoms with van der Waals surface area (Å²) in [5.41, 5.74) is 2.31. The minimum absolute atomic E-state index is 0. The minimum atomic E-state index is 0. The summed E-state index contributed by atoms with van der Waals surface area (Å²) in [5, 5.41) is 11.3. The van der Waals surface area contributed by atoms with Crippen molar-refractivity contribution in [1.82, 2.24) is 20.4 Å². The second-order valence-corrected chi connectivity index (χ2v) is 6.52. The maximum absolute atomic E-state index is 4.48. The van der Waals surface area contributed by atoms with Crippen molar-refractivity contribution in [2.45, 2.75) is 66.5 Å². The lowest BCUT2D eigenvalue weighted by Gasteiger charge is -2.18. The SMILES string of the molecule is CN=C(NCCCn1nc(C)cc1C)NC(C)CCC(C)C.I. The van der Waals surface area contributed by atoms with E-state index in [1.807, 2.05) is 14.0 Å². The van der Waals surface area contributed by atoms with Gasteiger partial charge in [-0.05, 0) is 52.0 Å². The van der Waals surface area contributed by atoms with E-state index in [2.05, 4.69) is 59.2 Å². The molecular formula is C17H34IN5. The molecule has 1 unspecified atom stereocenters.